The molecule has 0 aromatic carbocycles. The van der Waals surface area contributed by atoms with Crippen molar-refractivity contribution in [3.05, 3.63) is 0 Å². The van der Waals surface area contributed by atoms with E-state index in [0.29, 0.717) is 0 Å². The van der Waals surface area contributed by atoms with Crippen molar-refractivity contribution in [3.63, 3.8) is 0 Å². The molecule has 0 fully saturated rings. The van der Waals surface area contributed by atoms with Crippen LogP contribution in [-0.4, -0.2) is 113 Å². The van der Waals surface area contributed by atoms with Gasteiger partial charge in [0.2, 0.25) is 0 Å². The summed E-state index contributed by atoms with van der Waals surface area (Å²) < 4.78 is 0. The number of hydrogen-bond donors (Lipinski definition) is 1. The summed E-state index contributed by atoms with van der Waals surface area (Å²) in [5, 5.41) is 8.08. The van der Waals surface area contributed by atoms with Gasteiger partial charge in [-0.2, -0.15) is 4.89 Å². The first-order valence-electron chi connectivity index (χ1n) is 2.62. The van der Waals surface area contributed by atoms with Crippen LogP contribution in [0.15, 0.2) is 0 Å². The first-order chi connectivity index (χ1) is 4.66. The third-order valence-electron chi connectivity index (χ3n) is 0.719. The maximum atomic E-state index is 10.3. The summed E-state index contributed by atoms with van der Waals surface area (Å²) in [5.74, 6) is -1.71. The van der Waals surface area contributed by atoms with Crippen molar-refractivity contribution in [1.82, 2.24) is 0 Å². The van der Waals surface area contributed by atoms with Crippen molar-refractivity contribution in [2.75, 3.05) is 7.11 Å². The number of carbonyl (C=O) groups is 2. The van der Waals surface area contributed by atoms with Crippen LogP contribution in [0.4, 0.5) is 0 Å². The van der Waals surface area contributed by atoms with Crippen molar-refractivity contribution in [2.45, 2.75) is 12.8 Å². The SMILES string of the molecule is COOC(=O)CCC(=O)O.[NaH].[NaH].[NaH]. The maximum absolute atomic E-state index is 10.3. The second kappa shape index (κ2) is 16.3. The Bertz CT molecular complexity index is 140. The number of rotatable bonds is 4. The molecule has 64 valence electrons. The topological polar surface area (TPSA) is 72.8 Å². The molecular weight excluding hydrogens is 209 g/mol. The molecule has 0 saturated carbocycles. The normalized spacial score (nSPS) is 6.85. The van der Waals surface area contributed by atoms with Crippen LogP contribution in [0.25, 0.3) is 0 Å². The fourth-order valence-corrected chi connectivity index (χ4v) is 0.344. The van der Waals surface area contributed by atoms with Crippen molar-refractivity contribution >= 4 is 101 Å². The van der Waals surface area contributed by atoms with E-state index < -0.39 is 11.9 Å². The summed E-state index contributed by atoms with van der Waals surface area (Å²) in [5.41, 5.74) is 0. The Morgan fingerprint density at radius 3 is 1.92 bits per heavy atom. The van der Waals surface area contributed by atoms with Crippen LogP contribution < -0.4 is 0 Å². The fraction of sp³-hybridized carbons (Fsp3) is 0.600. The molecule has 0 amide bonds. The zero-order valence-electron chi connectivity index (χ0n) is 5.49. The molecule has 5 nitrogen and oxygen atoms in total. The zero-order chi connectivity index (χ0) is 7.98. The summed E-state index contributed by atoms with van der Waals surface area (Å²) in [6.07, 6.45) is -0.397. The molecule has 0 aliphatic rings. The van der Waals surface area contributed by atoms with E-state index in [1.807, 2.05) is 0 Å². The van der Waals surface area contributed by atoms with Crippen LogP contribution in [0.2, 0.25) is 0 Å². The Kier molecular flexibility index (Phi) is 30.4. The molecule has 0 spiro atoms. The van der Waals surface area contributed by atoms with Gasteiger partial charge in [0.05, 0.1) is 20.0 Å². The van der Waals surface area contributed by atoms with Crippen LogP contribution in [0.1, 0.15) is 12.8 Å². The molecule has 0 bridgehead atoms. The van der Waals surface area contributed by atoms with E-state index in [1.54, 1.807) is 0 Å². The molecule has 0 atom stereocenters. The van der Waals surface area contributed by atoms with E-state index in [9.17, 15) is 9.59 Å². The number of aliphatic carboxylic acids is 1. The Morgan fingerprint density at radius 1 is 1.15 bits per heavy atom. The first kappa shape index (κ1) is 24.2. The van der Waals surface area contributed by atoms with E-state index in [1.165, 1.54) is 7.11 Å². The molecule has 0 unspecified atom stereocenters. The monoisotopic (exact) mass is 220 g/mol. The van der Waals surface area contributed by atoms with E-state index in [-0.39, 0.29) is 102 Å². The Morgan fingerprint density at radius 2 is 1.62 bits per heavy atom. The van der Waals surface area contributed by atoms with Gasteiger partial charge in [0, 0.05) is 0 Å². The van der Waals surface area contributed by atoms with E-state index in [0.717, 1.165) is 0 Å². The average Bonchev–Trinajstić information content (AvgIpc) is 1.85. The van der Waals surface area contributed by atoms with Gasteiger partial charge in [-0.1, -0.05) is 0 Å². The van der Waals surface area contributed by atoms with E-state index in [4.69, 9.17) is 5.11 Å². The predicted octanol–water partition coefficient (Wildman–Crippen LogP) is -1.99. The molecule has 8 heteroatoms. The summed E-state index contributed by atoms with van der Waals surface area (Å²) in [7, 11) is 1.18. The minimum absolute atomic E-state index is 0. The number of carboxylic acids is 1. The molecule has 0 aliphatic heterocycles. The molecule has 0 heterocycles. The molecule has 0 aromatic heterocycles. The summed E-state index contributed by atoms with van der Waals surface area (Å²) in [6.45, 7) is 0. The van der Waals surface area contributed by atoms with Gasteiger partial charge in [-0.05, 0) is 0 Å². The third-order valence-corrected chi connectivity index (χ3v) is 0.719. The molecule has 0 aliphatic carbocycles. The summed E-state index contributed by atoms with van der Waals surface area (Å²) >= 11 is 0. The Balaban J connectivity index is -0.000000135. The summed E-state index contributed by atoms with van der Waals surface area (Å²) in [6, 6.07) is 0. The number of hydrogen-bond acceptors (Lipinski definition) is 4. The molecule has 1 N–H and O–H groups in total. The number of carbonyl (C=O) groups excluding carboxylic acids is 1. The molecule has 13 heavy (non-hydrogen) atoms. The molecule has 0 rings (SSSR count). The van der Waals surface area contributed by atoms with Gasteiger partial charge >= 0.3 is 101 Å². The zero-order valence-corrected chi connectivity index (χ0v) is 5.49. The average molecular weight is 220 g/mol. The fourth-order valence-electron chi connectivity index (χ4n) is 0.344. The standard InChI is InChI=1S/C5H8O5.3Na.3H/c1-9-10-5(8)3-2-4(6)7;;;;;;/h2-3H2,1H3,(H,6,7);;;;;;. The van der Waals surface area contributed by atoms with Gasteiger partial charge in [0.25, 0.3) is 0 Å². The van der Waals surface area contributed by atoms with Crippen LogP contribution in [0.5, 0.6) is 0 Å². The van der Waals surface area contributed by atoms with E-state index in [2.05, 4.69) is 9.78 Å². The Hall–Kier alpha value is 1.90. The quantitative estimate of drug-likeness (QED) is 0.337. The Labute approximate surface area is 143 Å². The second-order valence-electron chi connectivity index (χ2n) is 1.52. The van der Waals surface area contributed by atoms with Crippen molar-refractivity contribution in [1.29, 1.82) is 0 Å². The van der Waals surface area contributed by atoms with Crippen LogP contribution >= 0.6 is 0 Å². The second-order valence-corrected chi connectivity index (χ2v) is 1.52. The van der Waals surface area contributed by atoms with Crippen molar-refractivity contribution in [2.24, 2.45) is 0 Å². The van der Waals surface area contributed by atoms with Gasteiger partial charge in [0.1, 0.15) is 0 Å². The third kappa shape index (κ3) is 20.1. The van der Waals surface area contributed by atoms with Gasteiger partial charge in [-0.3, -0.25) is 9.68 Å². The molecule has 0 saturated heterocycles. The predicted molar refractivity (Wildman–Crippen MR) is 51.4 cm³/mol. The molecule has 0 radical (unpaired) electrons. The van der Waals surface area contributed by atoms with Crippen LogP contribution in [0, 0.1) is 0 Å². The first-order valence-corrected chi connectivity index (χ1v) is 2.62. The molecular formula is C5H11Na3O5. The van der Waals surface area contributed by atoms with Crippen molar-refractivity contribution < 1.29 is 24.5 Å². The molecule has 0 aromatic rings. The van der Waals surface area contributed by atoms with Crippen molar-refractivity contribution in [3.8, 4) is 0 Å². The van der Waals surface area contributed by atoms with Crippen LogP contribution in [-0.2, 0) is 19.4 Å². The van der Waals surface area contributed by atoms with Gasteiger partial charge in [0.15, 0.2) is 0 Å². The van der Waals surface area contributed by atoms with Gasteiger partial charge in [-0.15, -0.1) is 0 Å². The minimum atomic E-state index is -1.03. The summed E-state index contributed by atoms with van der Waals surface area (Å²) in [4.78, 5) is 28.2. The van der Waals surface area contributed by atoms with Gasteiger partial charge in [-0.25, -0.2) is 4.79 Å². The number of carboxylic acid groups (broad SMARTS) is 1. The van der Waals surface area contributed by atoms with E-state index >= 15 is 0 Å². The van der Waals surface area contributed by atoms with Gasteiger partial charge < -0.3 is 5.11 Å². The van der Waals surface area contributed by atoms with Crippen LogP contribution in [0.3, 0.4) is 0 Å².